The van der Waals surface area contributed by atoms with Gasteiger partial charge in [-0.15, -0.1) is 0 Å². The van der Waals surface area contributed by atoms with E-state index in [1.807, 2.05) is 12.1 Å². The van der Waals surface area contributed by atoms with E-state index in [0.717, 1.165) is 26.1 Å². The van der Waals surface area contributed by atoms with Gasteiger partial charge in [-0.25, -0.2) is 4.39 Å². The molecule has 1 rings (SSSR count). The molecule has 0 amide bonds. The topological polar surface area (TPSA) is 24.1 Å². The Morgan fingerprint density at radius 2 is 1.88 bits per heavy atom. The second-order valence-electron chi connectivity index (χ2n) is 4.44. The molecular weight excluding hydrogens is 215 g/mol. The van der Waals surface area contributed by atoms with Crippen molar-refractivity contribution in [2.75, 3.05) is 19.6 Å². The molecule has 0 heterocycles. The first-order valence-corrected chi connectivity index (χ1v) is 6.41. The Morgan fingerprint density at radius 1 is 1.18 bits per heavy atom. The van der Waals surface area contributed by atoms with Crippen LogP contribution in [0.4, 0.5) is 4.39 Å². The van der Waals surface area contributed by atoms with Gasteiger partial charge in [-0.2, -0.15) is 0 Å². The number of hydrogen-bond donors (Lipinski definition) is 2. The van der Waals surface area contributed by atoms with Crippen LogP contribution < -0.4 is 10.6 Å². The highest BCUT2D eigenvalue weighted by atomic mass is 19.1. The number of benzene rings is 1. The molecule has 0 aliphatic heterocycles. The molecule has 3 heteroatoms. The fourth-order valence-electron chi connectivity index (χ4n) is 1.68. The Kier molecular flexibility index (Phi) is 6.82. The molecule has 17 heavy (non-hydrogen) atoms. The predicted octanol–water partition coefficient (Wildman–Crippen LogP) is 2.35. The standard InChI is InChI=1S/C14H23FN2/c1-3-9-16-11-12(2)17-10-8-13-4-6-14(15)7-5-13/h4-7,12,16-17H,3,8-11H2,1-2H3. The van der Waals surface area contributed by atoms with Gasteiger partial charge in [-0.1, -0.05) is 19.1 Å². The van der Waals surface area contributed by atoms with Crippen molar-refractivity contribution in [3.05, 3.63) is 35.6 Å². The van der Waals surface area contributed by atoms with Gasteiger partial charge in [0.2, 0.25) is 0 Å². The van der Waals surface area contributed by atoms with E-state index in [9.17, 15) is 4.39 Å². The fraction of sp³-hybridized carbons (Fsp3) is 0.571. The maximum atomic E-state index is 12.7. The minimum Gasteiger partial charge on any atom is -0.315 e. The molecule has 0 fully saturated rings. The predicted molar refractivity (Wildman–Crippen MR) is 70.7 cm³/mol. The Balaban J connectivity index is 2.12. The van der Waals surface area contributed by atoms with Gasteiger partial charge in [-0.3, -0.25) is 0 Å². The minimum atomic E-state index is -0.168. The maximum Gasteiger partial charge on any atom is 0.123 e. The van der Waals surface area contributed by atoms with Gasteiger partial charge in [0.1, 0.15) is 5.82 Å². The van der Waals surface area contributed by atoms with Crippen molar-refractivity contribution in [2.24, 2.45) is 0 Å². The van der Waals surface area contributed by atoms with E-state index in [4.69, 9.17) is 0 Å². The lowest BCUT2D eigenvalue weighted by molar-refractivity contribution is 0.504. The lowest BCUT2D eigenvalue weighted by Crippen LogP contribution is -2.37. The Hall–Kier alpha value is -0.930. The highest BCUT2D eigenvalue weighted by Gasteiger charge is 2.00. The Morgan fingerprint density at radius 3 is 2.53 bits per heavy atom. The zero-order chi connectivity index (χ0) is 12.5. The van der Waals surface area contributed by atoms with E-state index in [1.165, 1.54) is 24.1 Å². The average Bonchev–Trinajstić information content (AvgIpc) is 2.32. The summed E-state index contributed by atoms with van der Waals surface area (Å²) >= 11 is 0. The smallest absolute Gasteiger partial charge is 0.123 e. The maximum absolute atomic E-state index is 12.7. The highest BCUT2D eigenvalue weighted by molar-refractivity contribution is 5.16. The van der Waals surface area contributed by atoms with Crippen LogP contribution in [0.2, 0.25) is 0 Å². The third kappa shape index (κ3) is 6.39. The second kappa shape index (κ2) is 8.20. The van der Waals surface area contributed by atoms with Crippen LogP contribution >= 0.6 is 0 Å². The van der Waals surface area contributed by atoms with Crippen molar-refractivity contribution in [3.63, 3.8) is 0 Å². The number of rotatable bonds is 8. The molecule has 2 nitrogen and oxygen atoms in total. The monoisotopic (exact) mass is 238 g/mol. The summed E-state index contributed by atoms with van der Waals surface area (Å²) in [5.74, 6) is -0.168. The lowest BCUT2D eigenvalue weighted by Gasteiger charge is -2.14. The van der Waals surface area contributed by atoms with Crippen molar-refractivity contribution in [1.82, 2.24) is 10.6 Å². The zero-order valence-corrected chi connectivity index (χ0v) is 10.8. The minimum absolute atomic E-state index is 0.168. The summed E-state index contributed by atoms with van der Waals surface area (Å²) in [5, 5.41) is 6.83. The lowest BCUT2D eigenvalue weighted by atomic mass is 10.1. The molecule has 2 N–H and O–H groups in total. The highest BCUT2D eigenvalue weighted by Crippen LogP contribution is 2.02. The molecular formula is C14H23FN2. The number of halogens is 1. The van der Waals surface area contributed by atoms with Crippen LogP contribution in [0, 0.1) is 5.82 Å². The summed E-state index contributed by atoms with van der Waals surface area (Å²) < 4.78 is 12.7. The Labute approximate surface area is 104 Å². The summed E-state index contributed by atoms with van der Waals surface area (Å²) in [7, 11) is 0. The van der Waals surface area contributed by atoms with Gasteiger partial charge in [0, 0.05) is 12.6 Å². The first-order valence-electron chi connectivity index (χ1n) is 6.41. The summed E-state index contributed by atoms with van der Waals surface area (Å²) in [5.41, 5.74) is 1.17. The number of nitrogens with one attached hydrogen (secondary N) is 2. The van der Waals surface area contributed by atoms with E-state index < -0.39 is 0 Å². The van der Waals surface area contributed by atoms with Gasteiger partial charge >= 0.3 is 0 Å². The molecule has 0 aliphatic rings. The fourth-order valence-corrected chi connectivity index (χ4v) is 1.68. The van der Waals surface area contributed by atoms with Gasteiger partial charge in [0.05, 0.1) is 0 Å². The zero-order valence-electron chi connectivity index (χ0n) is 10.8. The molecule has 0 radical (unpaired) electrons. The van der Waals surface area contributed by atoms with Crippen LogP contribution in [-0.2, 0) is 6.42 Å². The van der Waals surface area contributed by atoms with Crippen molar-refractivity contribution in [3.8, 4) is 0 Å². The van der Waals surface area contributed by atoms with Crippen LogP contribution in [0.1, 0.15) is 25.8 Å². The van der Waals surface area contributed by atoms with Crippen molar-refractivity contribution in [1.29, 1.82) is 0 Å². The van der Waals surface area contributed by atoms with Crippen LogP contribution in [-0.4, -0.2) is 25.7 Å². The average molecular weight is 238 g/mol. The Bertz CT molecular complexity index is 298. The van der Waals surface area contributed by atoms with Crippen LogP contribution in [0.15, 0.2) is 24.3 Å². The largest absolute Gasteiger partial charge is 0.315 e. The first-order chi connectivity index (χ1) is 8.22. The third-order valence-electron chi connectivity index (χ3n) is 2.70. The van der Waals surface area contributed by atoms with Crippen LogP contribution in [0.3, 0.4) is 0 Å². The second-order valence-corrected chi connectivity index (χ2v) is 4.44. The molecule has 0 aromatic heterocycles. The number of hydrogen-bond acceptors (Lipinski definition) is 2. The van der Waals surface area contributed by atoms with Crippen LogP contribution in [0.25, 0.3) is 0 Å². The molecule has 1 aromatic carbocycles. The summed E-state index contributed by atoms with van der Waals surface area (Å²) in [6.07, 6.45) is 2.11. The van der Waals surface area contributed by atoms with Gasteiger partial charge < -0.3 is 10.6 Å². The quantitative estimate of drug-likeness (QED) is 0.679. The van der Waals surface area contributed by atoms with E-state index in [1.54, 1.807) is 0 Å². The van der Waals surface area contributed by atoms with Gasteiger partial charge in [0.15, 0.2) is 0 Å². The van der Waals surface area contributed by atoms with E-state index in [2.05, 4.69) is 24.5 Å². The molecule has 96 valence electrons. The summed E-state index contributed by atoms with van der Waals surface area (Å²) in [6.45, 7) is 7.34. The van der Waals surface area contributed by atoms with Gasteiger partial charge in [0.25, 0.3) is 0 Å². The molecule has 1 unspecified atom stereocenters. The SMILES string of the molecule is CCCNCC(C)NCCc1ccc(F)cc1. The molecule has 0 spiro atoms. The van der Waals surface area contributed by atoms with Gasteiger partial charge in [-0.05, 0) is 50.6 Å². The van der Waals surface area contributed by atoms with E-state index >= 15 is 0 Å². The normalized spacial score (nSPS) is 12.6. The third-order valence-corrected chi connectivity index (χ3v) is 2.70. The molecule has 1 atom stereocenters. The van der Waals surface area contributed by atoms with Crippen molar-refractivity contribution in [2.45, 2.75) is 32.7 Å². The summed E-state index contributed by atoms with van der Waals surface area (Å²) in [6, 6.07) is 7.19. The first kappa shape index (κ1) is 14.1. The van der Waals surface area contributed by atoms with Crippen molar-refractivity contribution < 1.29 is 4.39 Å². The summed E-state index contributed by atoms with van der Waals surface area (Å²) in [4.78, 5) is 0. The van der Waals surface area contributed by atoms with E-state index in [-0.39, 0.29) is 5.82 Å². The van der Waals surface area contributed by atoms with Crippen LogP contribution in [0.5, 0.6) is 0 Å². The molecule has 0 bridgehead atoms. The van der Waals surface area contributed by atoms with Crippen molar-refractivity contribution >= 4 is 0 Å². The molecule has 0 saturated carbocycles. The molecule has 0 saturated heterocycles. The molecule has 1 aromatic rings. The molecule has 0 aliphatic carbocycles. The van der Waals surface area contributed by atoms with E-state index in [0.29, 0.717) is 6.04 Å².